The third kappa shape index (κ3) is 3.10. The van der Waals surface area contributed by atoms with E-state index in [9.17, 15) is 4.57 Å². The lowest BCUT2D eigenvalue weighted by atomic mass is 10.1. The molecule has 18 heavy (non-hydrogen) atoms. The van der Waals surface area contributed by atoms with Crippen LogP contribution in [0.5, 0.6) is 0 Å². The molecule has 0 aromatic heterocycles. The van der Waals surface area contributed by atoms with Gasteiger partial charge in [0, 0.05) is 18.0 Å². The second kappa shape index (κ2) is 5.51. The zero-order valence-electron chi connectivity index (χ0n) is 10.7. The van der Waals surface area contributed by atoms with Gasteiger partial charge in [0.05, 0.1) is 0 Å². The van der Waals surface area contributed by atoms with Crippen LogP contribution in [0.15, 0.2) is 60.7 Å². The molecule has 0 aliphatic heterocycles. The number of rotatable bonds is 4. The summed E-state index contributed by atoms with van der Waals surface area (Å²) in [6.45, 7) is 3.82. The van der Waals surface area contributed by atoms with Crippen LogP contribution in [0.4, 0.5) is 0 Å². The molecule has 2 atom stereocenters. The Hall–Kier alpha value is -1.37. The van der Waals surface area contributed by atoms with Gasteiger partial charge in [-0.2, -0.15) is 0 Å². The molecule has 0 unspecified atom stereocenters. The van der Waals surface area contributed by atoms with Crippen molar-refractivity contribution in [2.45, 2.75) is 13.0 Å². The maximum absolute atomic E-state index is 12.7. The van der Waals surface area contributed by atoms with Gasteiger partial charge in [-0.05, 0) is 12.5 Å². The van der Waals surface area contributed by atoms with Crippen LogP contribution in [0.25, 0.3) is 0 Å². The fourth-order valence-electron chi connectivity index (χ4n) is 1.97. The van der Waals surface area contributed by atoms with Gasteiger partial charge >= 0.3 is 0 Å². The summed E-state index contributed by atoms with van der Waals surface area (Å²) in [5.74, 6) is 0. The van der Waals surface area contributed by atoms with Gasteiger partial charge in [-0.3, -0.25) is 5.09 Å². The van der Waals surface area contributed by atoms with Crippen molar-refractivity contribution >= 4 is 12.6 Å². The van der Waals surface area contributed by atoms with E-state index in [0.29, 0.717) is 0 Å². The Kier molecular flexibility index (Phi) is 4.00. The summed E-state index contributed by atoms with van der Waals surface area (Å²) in [4.78, 5) is 0. The smallest absolute Gasteiger partial charge is 0.173 e. The maximum Gasteiger partial charge on any atom is 0.173 e. The van der Waals surface area contributed by atoms with Crippen LogP contribution in [-0.4, -0.2) is 6.66 Å². The van der Waals surface area contributed by atoms with Gasteiger partial charge in [0.2, 0.25) is 0 Å². The molecule has 94 valence electrons. The van der Waals surface area contributed by atoms with Crippen molar-refractivity contribution in [1.29, 1.82) is 0 Å². The molecular weight excluding hydrogens is 241 g/mol. The van der Waals surface area contributed by atoms with E-state index >= 15 is 0 Å². The van der Waals surface area contributed by atoms with Crippen LogP contribution < -0.4 is 10.4 Å². The van der Waals surface area contributed by atoms with E-state index in [-0.39, 0.29) is 6.04 Å². The van der Waals surface area contributed by atoms with Gasteiger partial charge in [0.1, 0.15) is 0 Å². The largest absolute Gasteiger partial charge is 0.302 e. The van der Waals surface area contributed by atoms with E-state index in [0.717, 1.165) is 10.9 Å². The highest BCUT2D eigenvalue weighted by Gasteiger charge is 2.20. The van der Waals surface area contributed by atoms with Crippen LogP contribution in [-0.2, 0) is 4.57 Å². The van der Waals surface area contributed by atoms with Crippen molar-refractivity contribution in [3.05, 3.63) is 66.2 Å². The van der Waals surface area contributed by atoms with Gasteiger partial charge < -0.3 is 4.57 Å². The number of benzene rings is 2. The third-order valence-corrected chi connectivity index (χ3v) is 5.15. The summed E-state index contributed by atoms with van der Waals surface area (Å²) in [6, 6.07) is 19.7. The predicted octanol–water partition coefficient (Wildman–Crippen LogP) is 3.57. The lowest BCUT2D eigenvalue weighted by Crippen LogP contribution is -2.21. The highest BCUT2D eigenvalue weighted by atomic mass is 31.2. The summed E-state index contributed by atoms with van der Waals surface area (Å²) in [7, 11) is -2.52. The van der Waals surface area contributed by atoms with E-state index in [1.807, 2.05) is 67.6 Å². The molecule has 0 saturated heterocycles. The molecule has 2 aromatic rings. The van der Waals surface area contributed by atoms with Crippen molar-refractivity contribution < 1.29 is 4.57 Å². The lowest BCUT2D eigenvalue weighted by Gasteiger charge is -2.21. The van der Waals surface area contributed by atoms with Gasteiger partial charge in [-0.25, -0.2) is 0 Å². The molecule has 0 spiro atoms. The van der Waals surface area contributed by atoms with Gasteiger partial charge in [0.15, 0.2) is 7.29 Å². The molecule has 0 radical (unpaired) electrons. The molecule has 2 nitrogen and oxygen atoms in total. The minimum absolute atomic E-state index is 0.0715. The third-order valence-electron chi connectivity index (χ3n) is 2.99. The number of hydrogen-bond acceptors (Lipinski definition) is 1. The van der Waals surface area contributed by atoms with Crippen LogP contribution in [0, 0.1) is 0 Å². The molecule has 2 aromatic carbocycles. The Morgan fingerprint density at radius 2 is 1.44 bits per heavy atom. The van der Waals surface area contributed by atoms with E-state index in [4.69, 9.17) is 0 Å². The lowest BCUT2D eigenvalue weighted by molar-refractivity contribution is 0.565. The molecule has 0 bridgehead atoms. The topological polar surface area (TPSA) is 29.1 Å². The van der Waals surface area contributed by atoms with E-state index in [2.05, 4.69) is 5.09 Å². The Balaban J connectivity index is 2.17. The van der Waals surface area contributed by atoms with Crippen molar-refractivity contribution in [3.8, 4) is 0 Å². The van der Waals surface area contributed by atoms with Crippen LogP contribution >= 0.6 is 7.29 Å². The molecule has 1 N–H and O–H groups in total. The molecule has 0 heterocycles. The maximum atomic E-state index is 12.7. The Morgan fingerprint density at radius 3 is 2.00 bits per heavy atom. The summed E-state index contributed by atoms with van der Waals surface area (Å²) < 4.78 is 12.7. The van der Waals surface area contributed by atoms with Crippen molar-refractivity contribution in [3.63, 3.8) is 0 Å². The monoisotopic (exact) mass is 259 g/mol. The minimum Gasteiger partial charge on any atom is -0.302 e. The number of nitrogens with one attached hydrogen (secondary N) is 1. The molecule has 0 aliphatic carbocycles. The van der Waals surface area contributed by atoms with Gasteiger partial charge in [0.25, 0.3) is 0 Å². The van der Waals surface area contributed by atoms with Crippen LogP contribution in [0.3, 0.4) is 0 Å². The average molecular weight is 259 g/mol. The van der Waals surface area contributed by atoms with Crippen LogP contribution in [0.1, 0.15) is 18.5 Å². The fourth-order valence-corrected chi connectivity index (χ4v) is 3.75. The first-order chi connectivity index (χ1) is 8.59. The standard InChI is InChI=1S/C15H18NOP/c1-13(14-9-5-3-6-10-14)16-18(2,17)15-11-7-4-8-12-15/h3-13H,1-2H3,(H,16,17)/t13-,18-/m0/s1. The average Bonchev–Trinajstić information content (AvgIpc) is 2.40. The Morgan fingerprint density at radius 1 is 0.944 bits per heavy atom. The summed E-state index contributed by atoms with van der Waals surface area (Å²) in [6.07, 6.45) is 0. The highest BCUT2D eigenvalue weighted by Crippen LogP contribution is 2.38. The van der Waals surface area contributed by atoms with E-state index in [1.54, 1.807) is 6.66 Å². The molecule has 0 aliphatic rings. The summed E-state index contributed by atoms with van der Waals surface area (Å²) >= 11 is 0. The normalized spacial score (nSPS) is 15.9. The van der Waals surface area contributed by atoms with Crippen LogP contribution in [0.2, 0.25) is 0 Å². The Bertz CT molecular complexity index is 539. The van der Waals surface area contributed by atoms with E-state index in [1.165, 1.54) is 0 Å². The minimum atomic E-state index is -2.52. The second-order valence-electron chi connectivity index (χ2n) is 4.52. The first-order valence-electron chi connectivity index (χ1n) is 6.05. The van der Waals surface area contributed by atoms with Gasteiger partial charge in [-0.15, -0.1) is 0 Å². The molecule has 0 fully saturated rings. The highest BCUT2D eigenvalue weighted by molar-refractivity contribution is 7.68. The zero-order valence-corrected chi connectivity index (χ0v) is 11.6. The SMILES string of the molecule is C[C@H](N[P@@](C)(=O)c1ccccc1)c1ccccc1. The molecule has 0 amide bonds. The summed E-state index contributed by atoms with van der Waals surface area (Å²) in [5.41, 5.74) is 1.15. The molecule has 3 heteroatoms. The van der Waals surface area contributed by atoms with Crippen molar-refractivity contribution in [1.82, 2.24) is 5.09 Å². The second-order valence-corrected chi connectivity index (χ2v) is 7.14. The van der Waals surface area contributed by atoms with Crippen molar-refractivity contribution in [2.24, 2.45) is 0 Å². The summed E-state index contributed by atoms with van der Waals surface area (Å²) in [5, 5.41) is 4.11. The Labute approximate surface area is 108 Å². The molecule has 2 rings (SSSR count). The first kappa shape index (κ1) is 13.1. The number of hydrogen-bond donors (Lipinski definition) is 1. The fraction of sp³-hybridized carbons (Fsp3) is 0.200. The predicted molar refractivity (Wildman–Crippen MR) is 77.6 cm³/mol. The zero-order chi connectivity index (χ0) is 13.0. The first-order valence-corrected chi connectivity index (χ1v) is 8.21. The molecule has 0 saturated carbocycles. The van der Waals surface area contributed by atoms with E-state index < -0.39 is 7.29 Å². The molecular formula is C15H18NOP. The van der Waals surface area contributed by atoms with Gasteiger partial charge in [-0.1, -0.05) is 60.7 Å². The quantitative estimate of drug-likeness (QED) is 0.850. The van der Waals surface area contributed by atoms with Crippen molar-refractivity contribution in [2.75, 3.05) is 6.66 Å².